The lowest BCUT2D eigenvalue weighted by Crippen LogP contribution is -2.20. The van der Waals surface area contributed by atoms with Gasteiger partial charge in [0, 0.05) is 27.9 Å². The van der Waals surface area contributed by atoms with Crippen molar-refractivity contribution in [3.63, 3.8) is 0 Å². The van der Waals surface area contributed by atoms with Gasteiger partial charge in [0.15, 0.2) is 0 Å². The molecule has 3 nitrogen and oxygen atoms in total. The van der Waals surface area contributed by atoms with Gasteiger partial charge in [-0.3, -0.25) is 4.79 Å². The van der Waals surface area contributed by atoms with Gasteiger partial charge < -0.3 is 10.3 Å². The van der Waals surface area contributed by atoms with E-state index in [1.165, 1.54) is 6.92 Å². The topological polar surface area (TPSA) is 41.5 Å². The van der Waals surface area contributed by atoms with Crippen LogP contribution in [0.15, 0.2) is 4.99 Å². The van der Waals surface area contributed by atoms with Gasteiger partial charge in [-0.15, -0.1) is 0 Å². The quantitative estimate of drug-likeness (QED) is 0.291. The van der Waals surface area contributed by atoms with Gasteiger partial charge in [-0.25, -0.2) is 0 Å². The molecule has 0 heterocycles. The first-order chi connectivity index (χ1) is 5.27. The second-order valence-corrected chi connectivity index (χ2v) is 2.42. The van der Waals surface area contributed by atoms with Crippen LogP contribution < -0.4 is 5.32 Å². The highest BCUT2D eigenvalue weighted by Crippen LogP contribution is 1.90. The normalized spacial score (nSPS) is 9.50. The number of amides is 1. The third-order valence-electron chi connectivity index (χ3n) is 1.32. The molecule has 12 heavy (non-hydrogen) atoms. The molecule has 0 fully saturated rings. The largest absolute Gasteiger partial charge is 0.356 e. The number of nitrogens with one attached hydrogen (secondary N) is 1. The highest BCUT2D eigenvalue weighted by Gasteiger charge is 1.89. The number of aliphatic imine (C=N–C) groups is 1. The standard InChI is InChI=1S/C8H16N2O.CH3/c1-8(11)10-7-5-3-4-6-9-2;/h6H,3-5,7H2,1-2H3,(H,10,11);1H3/q;+1/i2+1,8+1;1+1. The first-order valence-corrected chi connectivity index (χ1v) is 3.92. The molecule has 0 spiro atoms. The van der Waals surface area contributed by atoms with E-state index in [9.17, 15) is 4.79 Å². The molecule has 0 aliphatic rings. The van der Waals surface area contributed by atoms with E-state index in [1.807, 2.05) is 6.21 Å². The highest BCUT2D eigenvalue weighted by molar-refractivity contribution is 5.72. The summed E-state index contributed by atoms with van der Waals surface area (Å²) in [6, 6.07) is 0. The molecule has 0 saturated carbocycles. The molecule has 0 aromatic carbocycles. The Morgan fingerprint density at radius 3 is 2.67 bits per heavy atom. The van der Waals surface area contributed by atoms with Gasteiger partial charge in [0.2, 0.25) is 5.91 Å². The molecule has 0 aliphatic carbocycles. The smallest absolute Gasteiger partial charge is 0.216 e. The molecular weight excluding hydrogens is 155 g/mol. The zero-order valence-corrected chi connectivity index (χ0v) is 8.26. The van der Waals surface area contributed by atoms with Gasteiger partial charge in [-0.1, -0.05) is 0 Å². The van der Waals surface area contributed by atoms with Gasteiger partial charge in [0.25, 0.3) is 0 Å². The second-order valence-electron chi connectivity index (χ2n) is 2.42. The third kappa shape index (κ3) is 11.8. The zero-order valence-electron chi connectivity index (χ0n) is 8.26. The van der Waals surface area contributed by atoms with Crippen molar-refractivity contribution < 1.29 is 4.79 Å². The Morgan fingerprint density at radius 1 is 1.50 bits per heavy atom. The highest BCUT2D eigenvalue weighted by atomic mass is 16.2. The molecular formula is C9H19N2O+. The van der Waals surface area contributed by atoms with Gasteiger partial charge in [0.1, 0.15) is 0 Å². The van der Waals surface area contributed by atoms with Crippen LogP contribution in [0.3, 0.4) is 0 Å². The number of carbonyl (C=O) groups excluding carboxylic acids is 1. The number of hydrogen-bond acceptors (Lipinski definition) is 2. The van der Waals surface area contributed by atoms with Crippen molar-refractivity contribution >= 4 is 12.1 Å². The number of unbranched alkanes of at least 4 members (excludes halogenated alkanes) is 2. The maximum absolute atomic E-state index is 10.4. The fraction of sp³-hybridized carbons (Fsp3) is 0.667. The molecule has 0 aliphatic heterocycles. The van der Waals surface area contributed by atoms with Crippen LogP contribution >= 0.6 is 0 Å². The Hall–Kier alpha value is -0.990. The molecule has 0 rings (SSSR count). The lowest BCUT2D eigenvalue weighted by atomic mass is 10.2. The molecule has 0 unspecified atom stereocenters. The van der Waals surface area contributed by atoms with E-state index in [2.05, 4.69) is 10.3 Å². The SMILES string of the molecule is C[13C](=O)NCCCCC=N[13CH3].[13CH3+]. The van der Waals surface area contributed by atoms with Crippen LogP contribution in [0.4, 0.5) is 0 Å². The van der Waals surface area contributed by atoms with Crippen molar-refractivity contribution in [1.29, 1.82) is 0 Å². The molecule has 1 amide bonds. The van der Waals surface area contributed by atoms with E-state index < -0.39 is 0 Å². The van der Waals surface area contributed by atoms with Gasteiger partial charge in [-0.2, -0.15) is 0 Å². The number of carbonyl (C=O) groups is 1. The molecule has 0 radical (unpaired) electrons. The monoisotopic (exact) mass is 174 g/mol. The third-order valence-corrected chi connectivity index (χ3v) is 1.32. The minimum atomic E-state index is 0. The van der Waals surface area contributed by atoms with Crippen LogP contribution in [0, 0.1) is 7.43 Å². The predicted molar refractivity (Wildman–Crippen MR) is 53.4 cm³/mol. The Labute approximate surface area is 75.3 Å². The summed E-state index contributed by atoms with van der Waals surface area (Å²) < 4.78 is 0. The predicted octanol–water partition coefficient (Wildman–Crippen LogP) is 1.44. The molecule has 0 atom stereocenters. The van der Waals surface area contributed by atoms with Crippen LogP contribution in [0.1, 0.15) is 26.2 Å². The van der Waals surface area contributed by atoms with Gasteiger partial charge >= 0.3 is 0 Å². The van der Waals surface area contributed by atoms with Crippen molar-refractivity contribution in [2.75, 3.05) is 13.6 Å². The minimum absolute atomic E-state index is 0. The van der Waals surface area contributed by atoms with Crippen molar-refractivity contribution in [2.45, 2.75) is 26.2 Å². The van der Waals surface area contributed by atoms with Crippen LogP contribution in [0.25, 0.3) is 0 Å². The van der Waals surface area contributed by atoms with Crippen molar-refractivity contribution in [1.82, 2.24) is 5.32 Å². The van der Waals surface area contributed by atoms with E-state index in [-0.39, 0.29) is 13.3 Å². The van der Waals surface area contributed by atoms with Crippen LogP contribution in [0.5, 0.6) is 0 Å². The van der Waals surface area contributed by atoms with Gasteiger partial charge in [-0.05, 0) is 25.5 Å². The lowest BCUT2D eigenvalue weighted by molar-refractivity contribution is -0.118. The molecule has 3 heteroatoms. The van der Waals surface area contributed by atoms with Gasteiger partial charge in [0.05, 0.1) is 0 Å². The second kappa shape index (κ2) is 10.0. The molecule has 0 saturated heterocycles. The van der Waals surface area contributed by atoms with E-state index in [0.29, 0.717) is 0 Å². The van der Waals surface area contributed by atoms with Crippen LogP contribution in [0.2, 0.25) is 0 Å². The summed E-state index contributed by atoms with van der Waals surface area (Å²) in [6.07, 6.45) is 5.03. The van der Waals surface area contributed by atoms with Crippen LogP contribution in [-0.2, 0) is 4.79 Å². The Morgan fingerprint density at radius 2 is 2.17 bits per heavy atom. The molecule has 0 aromatic rings. The summed E-state index contributed by atoms with van der Waals surface area (Å²) >= 11 is 0. The fourth-order valence-corrected chi connectivity index (χ4v) is 0.754. The first kappa shape index (κ1) is 13.6. The van der Waals surface area contributed by atoms with Crippen molar-refractivity contribution in [3.05, 3.63) is 7.43 Å². The minimum Gasteiger partial charge on any atom is -0.356 e. The first-order valence-electron chi connectivity index (χ1n) is 3.92. The summed E-state index contributed by atoms with van der Waals surface area (Å²) in [6.45, 7) is 2.32. The maximum atomic E-state index is 10.4. The average molecular weight is 174 g/mol. The Balaban J connectivity index is 0. The molecule has 0 bridgehead atoms. The van der Waals surface area contributed by atoms with Crippen molar-refractivity contribution in [2.24, 2.45) is 4.99 Å². The summed E-state index contributed by atoms with van der Waals surface area (Å²) in [5.74, 6) is 0.0501. The molecule has 70 valence electrons. The molecule has 1 N–H and O–H groups in total. The zero-order chi connectivity index (χ0) is 8.53. The van der Waals surface area contributed by atoms with Crippen molar-refractivity contribution in [3.8, 4) is 0 Å². The van der Waals surface area contributed by atoms with E-state index >= 15 is 0 Å². The van der Waals surface area contributed by atoms with E-state index in [1.54, 1.807) is 7.05 Å². The summed E-state index contributed by atoms with van der Waals surface area (Å²) in [4.78, 5) is 14.3. The summed E-state index contributed by atoms with van der Waals surface area (Å²) in [7, 11) is 1.77. The Bertz CT molecular complexity index is 132. The van der Waals surface area contributed by atoms with E-state index in [4.69, 9.17) is 0 Å². The fourth-order valence-electron chi connectivity index (χ4n) is 0.754. The average Bonchev–Trinajstić information content (AvgIpc) is 1.96. The lowest BCUT2D eigenvalue weighted by Gasteiger charge is -1.98. The van der Waals surface area contributed by atoms with E-state index in [0.717, 1.165) is 25.8 Å². The number of rotatable bonds is 5. The maximum Gasteiger partial charge on any atom is 0.216 e. The summed E-state index contributed by atoms with van der Waals surface area (Å²) in [5, 5.41) is 2.74. The van der Waals surface area contributed by atoms with Crippen LogP contribution in [-0.4, -0.2) is 25.7 Å². The number of hydrogen-bond donors (Lipinski definition) is 1. The number of nitrogens with zero attached hydrogens (tertiary/aromatic N) is 1. The Kier molecular flexibility index (Phi) is 11.3. The molecule has 0 aromatic heterocycles. The summed E-state index contributed by atoms with van der Waals surface area (Å²) in [5.41, 5.74) is 0.